The van der Waals surface area contributed by atoms with Crippen molar-refractivity contribution in [1.29, 1.82) is 0 Å². The van der Waals surface area contributed by atoms with Crippen molar-refractivity contribution in [3.63, 3.8) is 0 Å². The molecule has 0 unspecified atom stereocenters. The zero-order valence-corrected chi connectivity index (χ0v) is 14.0. The Labute approximate surface area is 141 Å². The largest absolute Gasteiger partial charge is 0.465 e. The van der Waals surface area contributed by atoms with Gasteiger partial charge in [0.2, 0.25) is 0 Å². The van der Waals surface area contributed by atoms with Gasteiger partial charge in [-0.05, 0) is 42.4 Å². The summed E-state index contributed by atoms with van der Waals surface area (Å²) in [4.78, 5) is 11.6. The molecule has 0 aromatic heterocycles. The van der Waals surface area contributed by atoms with E-state index in [2.05, 4.69) is 29.7 Å². The molecule has 0 fully saturated rings. The first-order chi connectivity index (χ1) is 11.1. The van der Waals surface area contributed by atoms with Crippen molar-refractivity contribution in [3.8, 4) is 0 Å². The van der Waals surface area contributed by atoms with Gasteiger partial charge in [-0.15, -0.1) is 0 Å². The van der Waals surface area contributed by atoms with Gasteiger partial charge in [0.05, 0.1) is 18.7 Å². The number of hydrogen-bond donors (Lipinski definition) is 2. The quantitative estimate of drug-likeness (QED) is 0.644. The van der Waals surface area contributed by atoms with Gasteiger partial charge >= 0.3 is 5.97 Å². The highest BCUT2D eigenvalue weighted by atomic mass is 32.1. The van der Waals surface area contributed by atoms with Gasteiger partial charge < -0.3 is 15.4 Å². The Hall–Kier alpha value is -2.40. The van der Waals surface area contributed by atoms with Crippen LogP contribution >= 0.6 is 12.2 Å². The summed E-state index contributed by atoms with van der Waals surface area (Å²) in [5, 5.41) is 6.92. The van der Waals surface area contributed by atoms with Crippen molar-refractivity contribution >= 4 is 29.0 Å². The molecule has 0 aliphatic carbocycles. The van der Waals surface area contributed by atoms with Crippen LogP contribution in [0.5, 0.6) is 0 Å². The fourth-order valence-corrected chi connectivity index (χ4v) is 2.53. The summed E-state index contributed by atoms with van der Waals surface area (Å²) in [6.45, 7) is 2.10. The normalized spacial score (nSPS) is 11.4. The van der Waals surface area contributed by atoms with Crippen LogP contribution < -0.4 is 10.6 Å². The lowest BCUT2D eigenvalue weighted by Crippen LogP contribution is -2.32. The zero-order valence-electron chi connectivity index (χ0n) is 13.2. The molecule has 0 spiro atoms. The highest BCUT2D eigenvalue weighted by Crippen LogP contribution is 2.17. The first-order valence-electron chi connectivity index (χ1n) is 7.45. The summed E-state index contributed by atoms with van der Waals surface area (Å²) in [5.74, 6) is -0.372. The predicted octanol–water partition coefficient (Wildman–Crippen LogP) is 3.91. The molecule has 2 rings (SSSR count). The first kappa shape index (κ1) is 17.0. The highest BCUT2D eigenvalue weighted by Gasteiger charge is 2.11. The van der Waals surface area contributed by atoms with Crippen LogP contribution in [0.3, 0.4) is 0 Å². The first-order valence-corrected chi connectivity index (χ1v) is 7.85. The third kappa shape index (κ3) is 4.79. The van der Waals surface area contributed by atoms with Gasteiger partial charge in [-0.2, -0.15) is 0 Å². The Morgan fingerprint density at radius 1 is 1.17 bits per heavy atom. The van der Waals surface area contributed by atoms with E-state index in [0.717, 1.165) is 12.1 Å². The summed E-state index contributed by atoms with van der Waals surface area (Å²) in [6, 6.07) is 17.3. The van der Waals surface area contributed by atoms with Crippen molar-refractivity contribution < 1.29 is 9.53 Å². The molecule has 0 radical (unpaired) electrons. The summed E-state index contributed by atoms with van der Waals surface area (Å²) >= 11 is 5.38. The Morgan fingerprint density at radius 2 is 1.91 bits per heavy atom. The standard InChI is InChI=1S/C18H20N2O2S/c1-3-16(13-8-5-4-6-9-13)20-18(23)19-15-11-7-10-14(12-15)17(21)22-2/h4-12,16H,3H2,1-2H3,(H2,19,20,23)/t16-/m0/s1. The lowest BCUT2D eigenvalue weighted by atomic mass is 10.1. The van der Waals surface area contributed by atoms with E-state index in [1.54, 1.807) is 18.2 Å². The van der Waals surface area contributed by atoms with E-state index in [1.165, 1.54) is 12.7 Å². The number of rotatable bonds is 5. The second-order valence-corrected chi connectivity index (χ2v) is 5.45. The summed E-state index contributed by atoms with van der Waals surface area (Å²) in [7, 11) is 1.36. The van der Waals surface area contributed by atoms with Crippen LogP contribution in [0.2, 0.25) is 0 Å². The van der Waals surface area contributed by atoms with E-state index in [-0.39, 0.29) is 12.0 Å². The van der Waals surface area contributed by atoms with Crippen LogP contribution in [-0.4, -0.2) is 18.2 Å². The minimum Gasteiger partial charge on any atom is -0.465 e. The molecule has 4 nitrogen and oxygen atoms in total. The molecule has 120 valence electrons. The molecule has 23 heavy (non-hydrogen) atoms. The Bertz CT molecular complexity index is 674. The third-order valence-electron chi connectivity index (χ3n) is 3.46. The molecule has 0 saturated heterocycles. The van der Waals surface area contributed by atoms with Crippen LogP contribution in [0.25, 0.3) is 0 Å². The second-order valence-electron chi connectivity index (χ2n) is 5.04. The van der Waals surface area contributed by atoms with Crippen molar-refractivity contribution in [3.05, 3.63) is 65.7 Å². The Balaban J connectivity index is 2.03. The van der Waals surface area contributed by atoms with Gasteiger partial charge in [-0.3, -0.25) is 0 Å². The molecule has 1 atom stereocenters. The number of hydrogen-bond acceptors (Lipinski definition) is 3. The minimum absolute atomic E-state index is 0.139. The summed E-state index contributed by atoms with van der Waals surface area (Å²) in [5.41, 5.74) is 2.41. The number of carbonyl (C=O) groups is 1. The maximum Gasteiger partial charge on any atom is 0.337 e. The van der Waals surface area contributed by atoms with Gasteiger partial charge in [-0.25, -0.2) is 4.79 Å². The number of thiocarbonyl (C=S) groups is 1. The Kier molecular flexibility index (Phi) is 6.11. The summed E-state index contributed by atoms with van der Waals surface area (Å²) in [6.07, 6.45) is 0.911. The van der Waals surface area contributed by atoms with Gasteiger partial charge in [-0.1, -0.05) is 43.3 Å². The monoisotopic (exact) mass is 328 g/mol. The number of nitrogens with one attached hydrogen (secondary N) is 2. The average molecular weight is 328 g/mol. The molecule has 2 aromatic carbocycles. The maximum absolute atomic E-state index is 11.6. The summed E-state index contributed by atoms with van der Waals surface area (Å²) < 4.78 is 4.72. The van der Waals surface area contributed by atoms with Crippen molar-refractivity contribution in [2.75, 3.05) is 12.4 Å². The van der Waals surface area contributed by atoms with Crippen molar-refractivity contribution in [2.24, 2.45) is 0 Å². The van der Waals surface area contributed by atoms with Gasteiger partial charge in [0.15, 0.2) is 5.11 Å². The highest BCUT2D eigenvalue weighted by molar-refractivity contribution is 7.80. The van der Waals surface area contributed by atoms with Gasteiger partial charge in [0.25, 0.3) is 0 Å². The van der Waals surface area contributed by atoms with Crippen LogP contribution in [-0.2, 0) is 4.74 Å². The number of ether oxygens (including phenoxy) is 1. The lowest BCUT2D eigenvalue weighted by Gasteiger charge is -2.20. The molecule has 0 aliphatic heterocycles. The van der Waals surface area contributed by atoms with Crippen LogP contribution in [0.15, 0.2) is 54.6 Å². The maximum atomic E-state index is 11.6. The molecule has 5 heteroatoms. The fourth-order valence-electron chi connectivity index (χ4n) is 2.27. The van der Waals surface area contributed by atoms with E-state index in [4.69, 9.17) is 17.0 Å². The number of esters is 1. The number of anilines is 1. The molecular formula is C18H20N2O2S. The smallest absolute Gasteiger partial charge is 0.337 e. The second kappa shape index (κ2) is 8.29. The van der Waals surface area contributed by atoms with Crippen LogP contribution in [0.4, 0.5) is 5.69 Å². The van der Waals surface area contributed by atoms with E-state index in [9.17, 15) is 4.79 Å². The van der Waals surface area contributed by atoms with E-state index in [0.29, 0.717) is 10.7 Å². The zero-order chi connectivity index (χ0) is 16.7. The number of benzene rings is 2. The Morgan fingerprint density at radius 3 is 2.57 bits per heavy atom. The lowest BCUT2D eigenvalue weighted by molar-refractivity contribution is 0.0601. The van der Waals surface area contributed by atoms with Crippen molar-refractivity contribution in [2.45, 2.75) is 19.4 Å². The average Bonchev–Trinajstić information content (AvgIpc) is 2.60. The van der Waals surface area contributed by atoms with Crippen molar-refractivity contribution in [1.82, 2.24) is 5.32 Å². The minimum atomic E-state index is -0.372. The number of carbonyl (C=O) groups excluding carboxylic acids is 1. The molecule has 0 amide bonds. The van der Waals surface area contributed by atoms with Gasteiger partial charge in [0.1, 0.15) is 0 Å². The van der Waals surface area contributed by atoms with Gasteiger partial charge in [0, 0.05) is 5.69 Å². The SMILES string of the molecule is CC[C@H](NC(=S)Nc1cccc(C(=O)OC)c1)c1ccccc1. The third-order valence-corrected chi connectivity index (χ3v) is 3.68. The molecule has 0 aliphatic rings. The van der Waals surface area contributed by atoms with E-state index >= 15 is 0 Å². The molecule has 0 saturated carbocycles. The molecule has 0 bridgehead atoms. The topological polar surface area (TPSA) is 50.4 Å². The van der Waals surface area contributed by atoms with E-state index in [1.807, 2.05) is 24.3 Å². The molecule has 0 heterocycles. The fraction of sp³-hybridized carbons (Fsp3) is 0.222. The van der Waals surface area contributed by atoms with Crippen LogP contribution in [0.1, 0.15) is 35.3 Å². The van der Waals surface area contributed by atoms with E-state index < -0.39 is 0 Å². The molecule has 2 aromatic rings. The molecule has 2 N–H and O–H groups in total. The molecular weight excluding hydrogens is 308 g/mol. The predicted molar refractivity (Wildman–Crippen MR) is 96.6 cm³/mol. The number of methoxy groups -OCH3 is 1. The van der Waals surface area contributed by atoms with Crippen LogP contribution in [0, 0.1) is 0 Å².